The van der Waals surface area contributed by atoms with E-state index < -0.39 is 0 Å². The van der Waals surface area contributed by atoms with Crippen LogP contribution in [0.2, 0.25) is 5.02 Å². The van der Waals surface area contributed by atoms with Gasteiger partial charge in [-0.25, -0.2) is 0 Å². The summed E-state index contributed by atoms with van der Waals surface area (Å²) in [5.74, 6) is 0.451. The van der Waals surface area contributed by atoms with Gasteiger partial charge in [0.05, 0.1) is 17.8 Å². The van der Waals surface area contributed by atoms with E-state index in [0.717, 1.165) is 18.7 Å². The second-order valence-corrected chi connectivity index (χ2v) is 5.26. The number of amides is 1. The summed E-state index contributed by atoms with van der Waals surface area (Å²) in [5.41, 5.74) is 3.40. The average molecular weight is 303 g/mol. The molecule has 0 atom stereocenters. The van der Waals surface area contributed by atoms with Gasteiger partial charge in [0.2, 0.25) is 0 Å². The maximum atomic E-state index is 12.3. The maximum absolute atomic E-state index is 12.3. The van der Waals surface area contributed by atoms with Crippen molar-refractivity contribution in [2.45, 2.75) is 6.42 Å². The van der Waals surface area contributed by atoms with Crippen LogP contribution >= 0.6 is 11.6 Å². The lowest BCUT2D eigenvalue weighted by molar-refractivity contribution is 0.102. The lowest BCUT2D eigenvalue weighted by atomic mass is 10.1. The van der Waals surface area contributed by atoms with E-state index in [1.165, 1.54) is 5.56 Å². The van der Waals surface area contributed by atoms with Crippen LogP contribution in [0.25, 0.3) is 0 Å². The van der Waals surface area contributed by atoms with Crippen LogP contribution in [-0.4, -0.2) is 19.6 Å². The van der Waals surface area contributed by atoms with E-state index in [4.69, 9.17) is 16.3 Å². The van der Waals surface area contributed by atoms with Gasteiger partial charge in [-0.15, -0.1) is 0 Å². The first-order valence-electron chi connectivity index (χ1n) is 6.69. The molecular weight excluding hydrogens is 288 g/mol. The fraction of sp³-hybridized carbons (Fsp3) is 0.188. The fourth-order valence-corrected chi connectivity index (χ4v) is 2.52. The van der Waals surface area contributed by atoms with Gasteiger partial charge in [-0.3, -0.25) is 4.79 Å². The smallest absolute Gasteiger partial charge is 0.255 e. The first kappa shape index (κ1) is 13.8. The summed E-state index contributed by atoms with van der Waals surface area (Å²) in [6.07, 6.45) is 0.999. The maximum Gasteiger partial charge on any atom is 0.255 e. The van der Waals surface area contributed by atoms with Gasteiger partial charge >= 0.3 is 0 Å². The van der Waals surface area contributed by atoms with Crippen LogP contribution < -0.4 is 15.4 Å². The SMILES string of the molecule is COc1ccc(Cl)c(NC(=O)c2ccc3c(c2)NCC3)c1. The molecule has 0 bridgehead atoms. The van der Waals surface area contributed by atoms with E-state index in [0.29, 0.717) is 22.0 Å². The Balaban J connectivity index is 1.83. The van der Waals surface area contributed by atoms with Crippen molar-refractivity contribution in [3.8, 4) is 5.75 Å². The molecule has 0 fully saturated rings. The fourth-order valence-electron chi connectivity index (χ4n) is 2.35. The van der Waals surface area contributed by atoms with Crippen LogP contribution in [0, 0.1) is 0 Å². The third-order valence-corrected chi connectivity index (χ3v) is 3.83. The van der Waals surface area contributed by atoms with Gasteiger partial charge in [0.15, 0.2) is 0 Å². The molecule has 1 amide bonds. The molecule has 21 heavy (non-hydrogen) atoms. The van der Waals surface area contributed by atoms with Crippen LogP contribution in [0.5, 0.6) is 5.75 Å². The van der Waals surface area contributed by atoms with Crippen molar-refractivity contribution in [2.75, 3.05) is 24.3 Å². The summed E-state index contributed by atoms with van der Waals surface area (Å²) in [5, 5.41) is 6.55. The highest BCUT2D eigenvalue weighted by molar-refractivity contribution is 6.34. The van der Waals surface area contributed by atoms with E-state index >= 15 is 0 Å². The zero-order valence-corrected chi connectivity index (χ0v) is 12.3. The predicted molar refractivity (Wildman–Crippen MR) is 84.6 cm³/mol. The van der Waals surface area contributed by atoms with Crippen molar-refractivity contribution in [3.05, 3.63) is 52.5 Å². The largest absolute Gasteiger partial charge is 0.497 e. The number of hydrogen-bond donors (Lipinski definition) is 2. The number of hydrogen-bond acceptors (Lipinski definition) is 3. The van der Waals surface area contributed by atoms with Gasteiger partial charge in [-0.05, 0) is 36.2 Å². The van der Waals surface area contributed by atoms with Crippen LogP contribution in [0.3, 0.4) is 0 Å². The Labute approximate surface area is 128 Å². The van der Waals surface area contributed by atoms with Gasteiger partial charge in [0.1, 0.15) is 5.75 Å². The monoisotopic (exact) mass is 302 g/mol. The Bertz CT molecular complexity index is 701. The van der Waals surface area contributed by atoms with Crippen molar-refractivity contribution in [2.24, 2.45) is 0 Å². The Morgan fingerprint density at radius 1 is 1.29 bits per heavy atom. The standard InChI is InChI=1S/C16H15ClN2O2/c1-21-12-4-5-13(17)15(9-12)19-16(20)11-3-2-10-6-7-18-14(10)8-11/h2-5,8-9,18H,6-7H2,1H3,(H,19,20). The Morgan fingerprint density at radius 3 is 2.95 bits per heavy atom. The van der Waals surface area contributed by atoms with E-state index in [9.17, 15) is 4.79 Å². The number of rotatable bonds is 3. The highest BCUT2D eigenvalue weighted by Crippen LogP contribution is 2.28. The molecule has 4 nitrogen and oxygen atoms in total. The second-order valence-electron chi connectivity index (χ2n) is 4.85. The van der Waals surface area contributed by atoms with Crippen LogP contribution in [0.15, 0.2) is 36.4 Å². The molecule has 0 aliphatic carbocycles. The summed E-state index contributed by atoms with van der Waals surface area (Å²) < 4.78 is 5.14. The number of carbonyl (C=O) groups is 1. The molecule has 0 spiro atoms. The first-order valence-corrected chi connectivity index (χ1v) is 7.07. The highest BCUT2D eigenvalue weighted by atomic mass is 35.5. The second kappa shape index (κ2) is 5.66. The number of ether oxygens (including phenoxy) is 1. The number of benzene rings is 2. The van der Waals surface area contributed by atoms with Gasteiger partial charge in [-0.1, -0.05) is 17.7 Å². The summed E-state index contributed by atoms with van der Waals surface area (Å²) in [7, 11) is 1.57. The highest BCUT2D eigenvalue weighted by Gasteiger charge is 2.14. The molecule has 0 radical (unpaired) electrons. The Hall–Kier alpha value is -2.20. The molecular formula is C16H15ClN2O2. The third kappa shape index (κ3) is 2.81. The minimum Gasteiger partial charge on any atom is -0.497 e. The molecule has 0 saturated heterocycles. The van der Waals surface area contributed by atoms with Crippen LogP contribution in [0.4, 0.5) is 11.4 Å². The number of methoxy groups -OCH3 is 1. The van der Waals surface area contributed by atoms with E-state index in [1.807, 2.05) is 18.2 Å². The lowest BCUT2D eigenvalue weighted by Gasteiger charge is -2.10. The number of nitrogens with one attached hydrogen (secondary N) is 2. The van der Waals surface area contributed by atoms with Crippen LogP contribution in [0.1, 0.15) is 15.9 Å². The molecule has 2 aromatic rings. The minimum absolute atomic E-state index is 0.193. The van der Waals surface area contributed by atoms with Crippen molar-refractivity contribution in [3.63, 3.8) is 0 Å². The quantitative estimate of drug-likeness (QED) is 0.911. The Morgan fingerprint density at radius 2 is 2.14 bits per heavy atom. The van der Waals surface area contributed by atoms with E-state index in [1.54, 1.807) is 25.3 Å². The molecule has 0 unspecified atom stereocenters. The van der Waals surface area contributed by atoms with Gasteiger partial charge < -0.3 is 15.4 Å². The summed E-state index contributed by atoms with van der Waals surface area (Å²) >= 11 is 6.10. The molecule has 5 heteroatoms. The summed E-state index contributed by atoms with van der Waals surface area (Å²) in [6.45, 7) is 0.919. The van der Waals surface area contributed by atoms with E-state index in [-0.39, 0.29) is 5.91 Å². The van der Waals surface area contributed by atoms with Gasteiger partial charge in [-0.2, -0.15) is 0 Å². The van der Waals surface area contributed by atoms with Crippen molar-refractivity contribution in [1.82, 2.24) is 0 Å². The molecule has 3 rings (SSSR count). The van der Waals surface area contributed by atoms with Crippen LogP contribution in [-0.2, 0) is 6.42 Å². The topological polar surface area (TPSA) is 50.4 Å². The summed E-state index contributed by atoms with van der Waals surface area (Å²) in [6, 6.07) is 10.8. The average Bonchev–Trinajstić information content (AvgIpc) is 2.96. The van der Waals surface area contributed by atoms with Crippen molar-refractivity contribution >= 4 is 28.9 Å². The molecule has 1 heterocycles. The minimum atomic E-state index is -0.193. The molecule has 108 valence electrons. The lowest BCUT2D eigenvalue weighted by Crippen LogP contribution is -2.12. The van der Waals surface area contributed by atoms with E-state index in [2.05, 4.69) is 10.6 Å². The molecule has 2 aromatic carbocycles. The van der Waals surface area contributed by atoms with Gasteiger partial charge in [0.25, 0.3) is 5.91 Å². The zero-order chi connectivity index (χ0) is 14.8. The molecule has 1 aliphatic rings. The number of anilines is 2. The van der Waals surface area contributed by atoms with Crippen molar-refractivity contribution in [1.29, 1.82) is 0 Å². The normalized spacial score (nSPS) is 12.5. The number of halogens is 1. The first-order chi connectivity index (χ1) is 10.2. The van der Waals surface area contributed by atoms with Gasteiger partial charge in [0, 0.05) is 23.9 Å². The number of fused-ring (bicyclic) bond motifs is 1. The number of carbonyl (C=O) groups excluding carboxylic acids is 1. The molecule has 0 saturated carbocycles. The molecule has 0 aromatic heterocycles. The molecule has 1 aliphatic heterocycles. The zero-order valence-electron chi connectivity index (χ0n) is 11.6. The molecule has 2 N–H and O–H groups in total. The van der Waals surface area contributed by atoms with Crippen molar-refractivity contribution < 1.29 is 9.53 Å². The summed E-state index contributed by atoms with van der Waals surface area (Å²) in [4.78, 5) is 12.3. The predicted octanol–water partition coefficient (Wildman–Crippen LogP) is 3.57. The third-order valence-electron chi connectivity index (χ3n) is 3.50. The Kier molecular flexibility index (Phi) is 3.71.